The molecule has 28 heavy (non-hydrogen) atoms. The molecule has 5 heteroatoms. The van der Waals surface area contributed by atoms with Crippen LogP contribution in [0.4, 0.5) is 0 Å². The second-order valence-electron chi connectivity index (χ2n) is 7.28. The summed E-state index contributed by atoms with van der Waals surface area (Å²) in [5, 5.41) is 0. The first-order valence-corrected chi connectivity index (χ1v) is 10.6. The molecule has 1 aromatic heterocycles. The molecule has 142 valence electrons. The zero-order valence-corrected chi connectivity index (χ0v) is 17.2. The molecule has 0 N–H and O–H groups in total. The van der Waals surface area contributed by atoms with Gasteiger partial charge in [-0.05, 0) is 63.1 Å². The molecule has 0 fully saturated rings. The number of fused-ring (bicyclic) bond motifs is 1. The zero-order chi connectivity index (χ0) is 20.1. The molecule has 0 saturated carbocycles. The number of hydrogen-bond donors (Lipinski definition) is 0. The van der Waals surface area contributed by atoms with Crippen molar-refractivity contribution < 1.29 is 8.42 Å². The van der Waals surface area contributed by atoms with Crippen molar-refractivity contribution in [3.8, 4) is 11.4 Å². The van der Waals surface area contributed by atoms with Crippen LogP contribution in [0.5, 0.6) is 0 Å². The number of para-hydroxylation sites is 2. The maximum Gasteiger partial charge on any atom is 0.269 e. The van der Waals surface area contributed by atoms with Crippen molar-refractivity contribution in [3.05, 3.63) is 82.9 Å². The van der Waals surface area contributed by atoms with Gasteiger partial charge in [-0.3, -0.25) is 0 Å². The van der Waals surface area contributed by atoms with E-state index < -0.39 is 10.0 Å². The second-order valence-corrected chi connectivity index (χ2v) is 9.07. The second kappa shape index (κ2) is 6.60. The molecular formula is C23H22N2O2S. The minimum absolute atomic E-state index is 0.255. The number of aryl methyl sites for hydroxylation is 4. The number of hydrogen-bond acceptors (Lipinski definition) is 3. The molecule has 4 aromatic rings. The fourth-order valence-electron chi connectivity index (χ4n) is 3.75. The number of rotatable bonds is 3. The van der Waals surface area contributed by atoms with Gasteiger partial charge in [0.1, 0.15) is 0 Å². The van der Waals surface area contributed by atoms with Gasteiger partial charge in [-0.1, -0.05) is 47.5 Å². The monoisotopic (exact) mass is 390 g/mol. The van der Waals surface area contributed by atoms with Gasteiger partial charge in [0.15, 0.2) is 5.82 Å². The van der Waals surface area contributed by atoms with Crippen LogP contribution in [0.25, 0.3) is 22.4 Å². The predicted molar refractivity (Wildman–Crippen MR) is 113 cm³/mol. The zero-order valence-electron chi connectivity index (χ0n) is 16.4. The van der Waals surface area contributed by atoms with Crippen LogP contribution in [0, 0.1) is 27.7 Å². The highest BCUT2D eigenvalue weighted by Crippen LogP contribution is 2.33. The summed E-state index contributed by atoms with van der Waals surface area (Å²) in [5.74, 6) is 0.455. The fraction of sp³-hybridized carbons (Fsp3) is 0.174. The van der Waals surface area contributed by atoms with E-state index in [2.05, 4.69) is 12.1 Å². The lowest BCUT2D eigenvalue weighted by molar-refractivity contribution is 0.589. The van der Waals surface area contributed by atoms with E-state index in [0.29, 0.717) is 16.9 Å². The lowest BCUT2D eigenvalue weighted by atomic mass is 9.99. The smallest absolute Gasteiger partial charge is 0.227 e. The molecule has 0 bridgehead atoms. The van der Waals surface area contributed by atoms with Crippen LogP contribution in [0.1, 0.15) is 22.3 Å². The molecule has 1 heterocycles. The standard InChI is InChI=1S/C23H22N2O2S/c1-15-9-11-19(12-10-15)28(26,27)25-21-8-6-5-7-20(21)24-23(25)22-17(3)13-16(2)14-18(22)4/h5-14H,1-4H3. The number of imidazole rings is 1. The molecule has 0 radical (unpaired) electrons. The summed E-state index contributed by atoms with van der Waals surface area (Å²) in [7, 11) is -3.81. The molecule has 0 atom stereocenters. The maximum absolute atomic E-state index is 13.6. The summed E-state index contributed by atoms with van der Waals surface area (Å²) in [6, 6.07) is 18.4. The summed E-state index contributed by atoms with van der Waals surface area (Å²) in [6.07, 6.45) is 0. The molecule has 0 aliphatic heterocycles. The van der Waals surface area contributed by atoms with Crippen molar-refractivity contribution in [2.45, 2.75) is 32.6 Å². The van der Waals surface area contributed by atoms with Gasteiger partial charge < -0.3 is 0 Å². The molecule has 0 aliphatic carbocycles. The molecule has 0 aliphatic rings. The molecule has 0 amide bonds. The van der Waals surface area contributed by atoms with Crippen molar-refractivity contribution in [1.82, 2.24) is 8.96 Å². The van der Waals surface area contributed by atoms with Gasteiger partial charge in [0, 0.05) is 5.56 Å². The summed E-state index contributed by atoms with van der Waals surface area (Å²) in [4.78, 5) is 4.98. The number of aromatic nitrogens is 2. The Kier molecular flexibility index (Phi) is 4.35. The van der Waals surface area contributed by atoms with Gasteiger partial charge in [0.25, 0.3) is 10.0 Å². The Morgan fingerprint density at radius 1 is 0.786 bits per heavy atom. The van der Waals surface area contributed by atoms with Crippen molar-refractivity contribution in [2.75, 3.05) is 0 Å². The summed E-state index contributed by atoms with van der Waals surface area (Å²) >= 11 is 0. The van der Waals surface area contributed by atoms with Crippen LogP contribution in [0.2, 0.25) is 0 Å². The Labute approximate surface area is 165 Å². The van der Waals surface area contributed by atoms with Crippen LogP contribution in [-0.2, 0) is 10.0 Å². The highest BCUT2D eigenvalue weighted by Gasteiger charge is 2.26. The SMILES string of the molecule is Cc1ccc(S(=O)(=O)n2c(-c3c(C)cc(C)cc3C)nc3ccccc32)cc1. The first-order chi connectivity index (χ1) is 13.3. The van der Waals surface area contributed by atoms with Crippen LogP contribution < -0.4 is 0 Å². The summed E-state index contributed by atoms with van der Waals surface area (Å²) < 4.78 is 28.6. The number of nitrogens with zero attached hydrogens (tertiary/aromatic N) is 2. The highest BCUT2D eigenvalue weighted by atomic mass is 32.2. The first-order valence-electron chi connectivity index (χ1n) is 9.17. The molecule has 4 nitrogen and oxygen atoms in total. The molecule has 0 unspecified atom stereocenters. The Morgan fingerprint density at radius 2 is 1.39 bits per heavy atom. The Morgan fingerprint density at radius 3 is 2.04 bits per heavy atom. The minimum Gasteiger partial charge on any atom is -0.227 e. The van der Waals surface area contributed by atoms with Crippen LogP contribution in [0.15, 0.2) is 65.6 Å². The lowest BCUT2D eigenvalue weighted by Crippen LogP contribution is -2.15. The molecule has 4 rings (SSSR count). The van der Waals surface area contributed by atoms with Gasteiger partial charge in [-0.15, -0.1) is 0 Å². The van der Waals surface area contributed by atoms with E-state index in [1.54, 1.807) is 18.2 Å². The van der Waals surface area contributed by atoms with Gasteiger partial charge in [-0.25, -0.2) is 17.4 Å². The molecule has 3 aromatic carbocycles. The average molecular weight is 391 g/mol. The van der Waals surface area contributed by atoms with E-state index in [0.717, 1.165) is 27.8 Å². The Bertz CT molecular complexity index is 1280. The van der Waals surface area contributed by atoms with Gasteiger partial charge in [-0.2, -0.15) is 0 Å². The van der Waals surface area contributed by atoms with Gasteiger partial charge in [0.2, 0.25) is 0 Å². The fourth-order valence-corrected chi connectivity index (χ4v) is 5.22. The summed E-state index contributed by atoms with van der Waals surface area (Å²) in [6.45, 7) is 7.97. The third kappa shape index (κ3) is 2.92. The lowest BCUT2D eigenvalue weighted by Gasteiger charge is -2.15. The third-order valence-corrected chi connectivity index (χ3v) is 6.70. The van der Waals surface area contributed by atoms with E-state index in [1.165, 1.54) is 3.97 Å². The Hall–Kier alpha value is -2.92. The van der Waals surface area contributed by atoms with E-state index in [4.69, 9.17) is 4.98 Å². The quantitative estimate of drug-likeness (QED) is 0.485. The molecular weight excluding hydrogens is 368 g/mol. The van der Waals surface area contributed by atoms with E-state index >= 15 is 0 Å². The third-order valence-electron chi connectivity index (χ3n) is 4.98. The van der Waals surface area contributed by atoms with Gasteiger partial charge in [0.05, 0.1) is 15.9 Å². The number of benzene rings is 3. The van der Waals surface area contributed by atoms with E-state index in [-0.39, 0.29) is 4.90 Å². The van der Waals surface area contributed by atoms with Crippen LogP contribution in [-0.4, -0.2) is 17.4 Å². The topological polar surface area (TPSA) is 52.0 Å². The average Bonchev–Trinajstić information content (AvgIpc) is 3.00. The van der Waals surface area contributed by atoms with Crippen molar-refractivity contribution >= 4 is 21.1 Å². The minimum atomic E-state index is -3.81. The van der Waals surface area contributed by atoms with E-state index in [9.17, 15) is 8.42 Å². The normalized spacial score (nSPS) is 11.9. The first kappa shape index (κ1) is 18.4. The van der Waals surface area contributed by atoms with Crippen LogP contribution in [0.3, 0.4) is 0 Å². The molecule has 0 spiro atoms. The van der Waals surface area contributed by atoms with Crippen molar-refractivity contribution in [2.24, 2.45) is 0 Å². The molecule has 0 saturated heterocycles. The van der Waals surface area contributed by atoms with Crippen LogP contribution >= 0.6 is 0 Å². The Balaban J connectivity index is 2.09. The predicted octanol–water partition coefficient (Wildman–Crippen LogP) is 5.17. The highest BCUT2D eigenvalue weighted by molar-refractivity contribution is 7.90. The van der Waals surface area contributed by atoms with E-state index in [1.807, 2.05) is 58.0 Å². The largest absolute Gasteiger partial charge is 0.269 e. The summed E-state index contributed by atoms with van der Waals surface area (Å²) in [5.41, 5.74) is 6.27. The van der Waals surface area contributed by atoms with Crippen molar-refractivity contribution in [3.63, 3.8) is 0 Å². The maximum atomic E-state index is 13.6. The van der Waals surface area contributed by atoms with Crippen molar-refractivity contribution in [1.29, 1.82) is 0 Å². The van der Waals surface area contributed by atoms with Gasteiger partial charge >= 0.3 is 0 Å².